The van der Waals surface area contributed by atoms with Crippen LogP contribution in [-0.4, -0.2) is 23.5 Å². The number of esters is 1. The average Bonchev–Trinajstić information content (AvgIpc) is 3.32. The number of furan rings is 1. The van der Waals surface area contributed by atoms with Crippen molar-refractivity contribution in [2.45, 2.75) is 13.3 Å². The van der Waals surface area contributed by atoms with Crippen LogP contribution in [0.4, 0.5) is 5.69 Å². The smallest absolute Gasteiger partial charge is 0.339 e. The van der Waals surface area contributed by atoms with Crippen molar-refractivity contribution in [3.63, 3.8) is 0 Å². The summed E-state index contributed by atoms with van der Waals surface area (Å²) in [6.45, 7) is 1.65. The minimum atomic E-state index is -0.598. The Bertz CT molecular complexity index is 1200. The minimum Gasteiger partial charge on any atom is -0.463 e. The van der Waals surface area contributed by atoms with Gasteiger partial charge in [-0.3, -0.25) is 4.79 Å². The number of ether oxygens (including phenoxy) is 1. The molecule has 30 heavy (non-hydrogen) atoms. The molecule has 150 valence electrons. The summed E-state index contributed by atoms with van der Waals surface area (Å²) >= 11 is 0. The summed E-state index contributed by atoms with van der Waals surface area (Å²) in [6.07, 6.45) is 2.41. The van der Waals surface area contributed by atoms with Crippen LogP contribution in [0.25, 0.3) is 22.4 Å². The summed E-state index contributed by atoms with van der Waals surface area (Å²) in [4.78, 5) is 29.6. The molecule has 6 heteroatoms. The Labute approximate surface area is 173 Å². The maximum Gasteiger partial charge on any atom is 0.339 e. The monoisotopic (exact) mass is 400 g/mol. The molecule has 0 fully saturated rings. The summed E-state index contributed by atoms with van der Waals surface area (Å²) < 4.78 is 10.7. The molecule has 0 aliphatic rings. The minimum absolute atomic E-state index is 0.327. The van der Waals surface area contributed by atoms with Gasteiger partial charge in [0, 0.05) is 11.1 Å². The molecule has 2 aromatic carbocycles. The van der Waals surface area contributed by atoms with Crippen LogP contribution in [0, 0.1) is 0 Å². The van der Waals surface area contributed by atoms with Crippen LogP contribution in [0.1, 0.15) is 22.8 Å². The first-order valence-electron chi connectivity index (χ1n) is 9.63. The number of aromatic nitrogens is 1. The molecular weight excluding hydrogens is 380 g/mol. The van der Waals surface area contributed by atoms with Crippen LogP contribution in [0.2, 0.25) is 0 Å². The molecule has 0 aliphatic carbocycles. The zero-order valence-corrected chi connectivity index (χ0v) is 16.4. The van der Waals surface area contributed by atoms with Crippen molar-refractivity contribution in [1.82, 2.24) is 4.98 Å². The molecule has 0 saturated heterocycles. The molecule has 0 spiro atoms. The molecule has 4 aromatic rings. The normalized spacial score (nSPS) is 10.7. The Morgan fingerprint density at radius 1 is 1.03 bits per heavy atom. The molecule has 2 aromatic heterocycles. The molecular formula is C24H20N2O4. The standard InChI is InChI=1S/C24H20N2O4/c1-2-16-7-5-8-17(13-16)25-23(27)15-30-24(28)19-14-21(22-11-6-12-29-22)26-20-10-4-3-9-18(19)20/h3-14H,2,15H2,1H3,(H,25,27). The Balaban J connectivity index is 1.52. The van der Waals surface area contributed by atoms with Gasteiger partial charge in [-0.05, 0) is 48.4 Å². The number of pyridine rings is 1. The lowest BCUT2D eigenvalue weighted by molar-refractivity contribution is -0.119. The number of aryl methyl sites for hydroxylation is 1. The molecule has 0 bridgehead atoms. The van der Waals surface area contributed by atoms with Crippen molar-refractivity contribution >= 4 is 28.5 Å². The number of benzene rings is 2. The van der Waals surface area contributed by atoms with E-state index in [9.17, 15) is 9.59 Å². The van der Waals surface area contributed by atoms with Crippen LogP contribution in [-0.2, 0) is 16.0 Å². The van der Waals surface area contributed by atoms with Gasteiger partial charge in [-0.2, -0.15) is 0 Å². The molecule has 2 heterocycles. The van der Waals surface area contributed by atoms with E-state index in [2.05, 4.69) is 10.3 Å². The molecule has 0 unspecified atom stereocenters. The van der Waals surface area contributed by atoms with E-state index in [1.54, 1.807) is 36.6 Å². The third-order valence-corrected chi connectivity index (χ3v) is 4.66. The van der Waals surface area contributed by atoms with Gasteiger partial charge in [-0.1, -0.05) is 37.3 Å². The highest BCUT2D eigenvalue weighted by Gasteiger charge is 2.17. The number of rotatable bonds is 6. The first kappa shape index (κ1) is 19.4. The number of amides is 1. The SMILES string of the molecule is CCc1cccc(NC(=O)COC(=O)c2cc(-c3ccco3)nc3ccccc23)c1. The van der Waals surface area contributed by atoms with Crippen LogP contribution in [0.5, 0.6) is 0 Å². The number of nitrogens with zero attached hydrogens (tertiary/aromatic N) is 1. The third-order valence-electron chi connectivity index (χ3n) is 4.66. The van der Waals surface area contributed by atoms with Gasteiger partial charge in [0.25, 0.3) is 5.91 Å². The summed E-state index contributed by atoms with van der Waals surface area (Å²) in [5.41, 5.74) is 3.27. The summed E-state index contributed by atoms with van der Waals surface area (Å²) in [7, 11) is 0. The second-order valence-corrected chi connectivity index (χ2v) is 6.73. The van der Waals surface area contributed by atoms with E-state index in [0.717, 1.165) is 12.0 Å². The second-order valence-electron chi connectivity index (χ2n) is 6.73. The third kappa shape index (κ3) is 4.22. The topological polar surface area (TPSA) is 81.4 Å². The average molecular weight is 400 g/mol. The van der Waals surface area contributed by atoms with Crippen LogP contribution >= 0.6 is 0 Å². The zero-order chi connectivity index (χ0) is 20.9. The molecule has 0 aliphatic heterocycles. The van der Waals surface area contributed by atoms with Crippen molar-refractivity contribution < 1.29 is 18.7 Å². The Morgan fingerprint density at radius 3 is 2.70 bits per heavy atom. The Kier molecular flexibility index (Phi) is 5.57. The summed E-state index contributed by atoms with van der Waals surface area (Å²) in [5.74, 6) is -0.455. The van der Waals surface area contributed by atoms with E-state index in [4.69, 9.17) is 9.15 Å². The lowest BCUT2D eigenvalue weighted by Crippen LogP contribution is -2.21. The lowest BCUT2D eigenvalue weighted by atomic mass is 10.1. The van der Waals surface area contributed by atoms with E-state index in [1.165, 1.54) is 0 Å². The fraction of sp³-hybridized carbons (Fsp3) is 0.125. The van der Waals surface area contributed by atoms with E-state index >= 15 is 0 Å². The molecule has 0 saturated carbocycles. The van der Waals surface area contributed by atoms with Crippen molar-refractivity contribution in [1.29, 1.82) is 0 Å². The van der Waals surface area contributed by atoms with Gasteiger partial charge in [0.15, 0.2) is 12.4 Å². The Hall–Kier alpha value is -3.93. The van der Waals surface area contributed by atoms with Gasteiger partial charge in [0.2, 0.25) is 0 Å². The molecule has 0 atom stereocenters. The number of carbonyl (C=O) groups excluding carboxylic acids is 2. The maximum atomic E-state index is 12.8. The van der Waals surface area contributed by atoms with Crippen LogP contribution in [0.3, 0.4) is 0 Å². The fourth-order valence-electron chi connectivity index (χ4n) is 3.17. The molecule has 6 nitrogen and oxygen atoms in total. The fourth-order valence-corrected chi connectivity index (χ4v) is 3.17. The first-order chi connectivity index (χ1) is 14.6. The van der Waals surface area contributed by atoms with E-state index in [-0.39, 0.29) is 6.61 Å². The Morgan fingerprint density at radius 2 is 1.90 bits per heavy atom. The van der Waals surface area contributed by atoms with Gasteiger partial charge >= 0.3 is 5.97 Å². The number of para-hydroxylation sites is 1. The quantitative estimate of drug-likeness (QED) is 0.468. The summed E-state index contributed by atoms with van der Waals surface area (Å²) in [5, 5.41) is 3.40. The van der Waals surface area contributed by atoms with E-state index in [0.29, 0.717) is 33.6 Å². The highest BCUT2D eigenvalue weighted by atomic mass is 16.5. The molecule has 0 radical (unpaired) electrons. The van der Waals surface area contributed by atoms with Crippen LogP contribution < -0.4 is 5.32 Å². The number of anilines is 1. The molecule has 1 N–H and O–H groups in total. The number of nitrogens with one attached hydrogen (secondary N) is 1. The molecule has 1 amide bonds. The lowest BCUT2D eigenvalue weighted by Gasteiger charge is -2.10. The highest BCUT2D eigenvalue weighted by molar-refractivity contribution is 6.05. The van der Waals surface area contributed by atoms with Gasteiger partial charge in [0.05, 0.1) is 17.3 Å². The predicted octanol–water partition coefficient (Wildman–Crippen LogP) is 4.85. The zero-order valence-electron chi connectivity index (χ0n) is 16.4. The van der Waals surface area contributed by atoms with Gasteiger partial charge in [-0.15, -0.1) is 0 Å². The largest absolute Gasteiger partial charge is 0.463 e. The second kappa shape index (κ2) is 8.61. The van der Waals surface area contributed by atoms with Crippen molar-refractivity contribution in [3.05, 3.63) is 84.1 Å². The van der Waals surface area contributed by atoms with E-state index in [1.807, 2.05) is 43.3 Å². The molecule has 4 rings (SSSR count). The number of carbonyl (C=O) groups is 2. The van der Waals surface area contributed by atoms with Crippen LogP contribution in [0.15, 0.2) is 77.4 Å². The van der Waals surface area contributed by atoms with Gasteiger partial charge in [0.1, 0.15) is 5.69 Å². The van der Waals surface area contributed by atoms with Gasteiger partial charge < -0.3 is 14.5 Å². The van der Waals surface area contributed by atoms with E-state index < -0.39 is 11.9 Å². The van der Waals surface area contributed by atoms with Crippen molar-refractivity contribution in [2.75, 3.05) is 11.9 Å². The van der Waals surface area contributed by atoms with Gasteiger partial charge in [-0.25, -0.2) is 9.78 Å². The highest BCUT2D eigenvalue weighted by Crippen LogP contribution is 2.25. The first-order valence-corrected chi connectivity index (χ1v) is 9.63. The number of hydrogen-bond donors (Lipinski definition) is 1. The summed E-state index contributed by atoms with van der Waals surface area (Å²) in [6, 6.07) is 20.0. The van der Waals surface area contributed by atoms with Crippen molar-refractivity contribution in [3.8, 4) is 11.5 Å². The number of fused-ring (bicyclic) bond motifs is 1. The number of hydrogen-bond acceptors (Lipinski definition) is 5. The maximum absolute atomic E-state index is 12.8. The van der Waals surface area contributed by atoms with Crippen molar-refractivity contribution in [2.24, 2.45) is 0 Å². The predicted molar refractivity (Wildman–Crippen MR) is 114 cm³/mol.